The summed E-state index contributed by atoms with van der Waals surface area (Å²) < 4.78 is 4.68. The average Bonchev–Trinajstić information content (AvgIpc) is 3.62. The van der Waals surface area contributed by atoms with E-state index in [4.69, 9.17) is 0 Å². The first kappa shape index (κ1) is 26.5. The van der Waals surface area contributed by atoms with Crippen LogP contribution in [0.25, 0.3) is 28.5 Å². The van der Waals surface area contributed by atoms with E-state index in [1.165, 1.54) is 0 Å². The van der Waals surface area contributed by atoms with Crippen molar-refractivity contribution in [3.05, 3.63) is 194 Å². The molecule has 0 atom stereocenters. The lowest BCUT2D eigenvalue weighted by Crippen LogP contribution is -2.33. The molecule has 0 spiro atoms. The lowest BCUT2D eigenvalue weighted by atomic mass is 10.2. The highest BCUT2D eigenvalue weighted by Gasteiger charge is 2.33. The number of anilines is 4. The van der Waals surface area contributed by atoms with Gasteiger partial charge in [0.25, 0.3) is 5.82 Å². The summed E-state index contributed by atoms with van der Waals surface area (Å²) in [6, 6.07) is 59.6. The highest BCUT2D eigenvalue weighted by atomic mass is 15.4. The minimum atomic E-state index is 1.05. The fourth-order valence-electron chi connectivity index (χ4n) is 6.29. The third kappa shape index (κ3) is 4.70. The zero-order chi connectivity index (χ0) is 30.0. The van der Waals surface area contributed by atoms with Crippen LogP contribution in [0.1, 0.15) is 5.82 Å². The predicted octanol–water partition coefficient (Wildman–Crippen LogP) is 9.75. The minimum Gasteiger partial charge on any atom is -0.294 e. The highest BCUT2D eigenvalue weighted by Crippen LogP contribution is 2.49. The SMILES string of the molecule is C(/C=C\c1n(-c2ccccc2)c2ccccc2[n+]1-c1ccccc1)=C1N(c2ccccc2)c2ccccc2N1c1ccccc1. The van der Waals surface area contributed by atoms with Crippen LogP contribution in [-0.4, -0.2) is 4.57 Å². The average molecular weight is 580 g/mol. The number of para-hydroxylation sites is 8. The molecule has 0 amide bonds. The Morgan fingerprint density at radius 1 is 0.444 bits per heavy atom. The van der Waals surface area contributed by atoms with E-state index in [1.807, 2.05) is 0 Å². The Bertz CT molecular complexity index is 2000. The molecule has 214 valence electrons. The van der Waals surface area contributed by atoms with Gasteiger partial charge in [-0.1, -0.05) is 103 Å². The van der Waals surface area contributed by atoms with Gasteiger partial charge in [0.05, 0.1) is 11.4 Å². The quantitative estimate of drug-likeness (QED) is 0.182. The lowest BCUT2D eigenvalue weighted by molar-refractivity contribution is -0.570. The lowest BCUT2D eigenvalue weighted by Gasteiger charge is -2.25. The Balaban J connectivity index is 1.35. The van der Waals surface area contributed by atoms with Gasteiger partial charge in [0.2, 0.25) is 0 Å². The van der Waals surface area contributed by atoms with Crippen LogP contribution in [0.5, 0.6) is 0 Å². The number of hydrogen-bond acceptors (Lipinski definition) is 2. The number of hydrogen-bond donors (Lipinski definition) is 0. The molecule has 1 aliphatic rings. The van der Waals surface area contributed by atoms with Gasteiger partial charge in [-0.3, -0.25) is 9.80 Å². The molecule has 45 heavy (non-hydrogen) atoms. The summed E-state index contributed by atoms with van der Waals surface area (Å²) in [4.78, 5) is 4.68. The van der Waals surface area contributed by atoms with E-state index in [0.29, 0.717) is 0 Å². The van der Waals surface area contributed by atoms with E-state index >= 15 is 0 Å². The normalized spacial score (nSPS) is 12.7. The van der Waals surface area contributed by atoms with Crippen LogP contribution in [0.3, 0.4) is 0 Å². The number of fused-ring (bicyclic) bond motifs is 2. The summed E-state index contributed by atoms with van der Waals surface area (Å²) in [5.41, 5.74) is 9.02. The van der Waals surface area contributed by atoms with Gasteiger partial charge in [-0.2, -0.15) is 9.13 Å². The van der Waals surface area contributed by atoms with Crippen LogP contribution in [0.15, 0.2) is 188 Å². The van der Waals surface area contributed by atoms with E-state index in [-0.39, 0.29) is 0 Å². The van der Waals surface area contributed by atoms with Crippen molar-refractivity contribution in [1.82, 2.24) is 4.57 Å². The zero-order valence-electron chi connectivity index (χ0n) is 24.7. The molecule has 8 rings (SSSR count). The summed E-state index contributed by atoms with van der Waals surface area (Å²) in [7, 11) is 0. The molecule has 7 aromatic rings. The molecule has 0 bridgehead atoms. The van der Waals surface area contributed by atoms with E-state index < -0.39 is 0 Å². The standard InChI is InChI=1S/C41H31N4/c1-5-18-32(19-6-1)42-36-26-13-14-27-37(36)43(33-20-7-2-8-21-33)40(42)30-17-31-41-44(34-22-9-3-10-23-34)38-28-15-16-29-39(38)45(41)35-24-11-4-12-25-35/h1-31H/q+1. The monoisotopic (exact) mass is 579 g/mol. The van der Waals surface area contributed by atoms with Crippen molar-refractivity contribution in [2.24, 2.45) is 0 Å². The molecule has 0 saturated heterocycles. The van der Waals surface area contributed by atoms with Gasteiger partial charge in [-0.05, 0) is 78.9 Å². The van der Waals surface area contributed by atoms with Crippen molar-refractivity contribution in [2.45, 2.75) is 0 Å². The summed E-state index contributed by atoms with van der Waals surface area (Å²) in [6.07, 6.45) is 6.63. The molecule has 0 unspecified atom stereocenters. The molecule has 0 N–H and O–H groups in total. The summed E-state index contributed by atoms with van der Waals surface area (Å²) in [5, 5.41) is 0. The Kier molecular flexibility index (Phi) is 6.78. The first-order valence-electron chi connectivity index (χ1n) is 15.2. The molecule has 0 aliphatic carbocycles. The first-order valence-corrected chi connectivity index (χ1v) is 15.2. The van der Waals surface area contributed by atoms with Crippen LogP contribution in [-0.2, 0) is 0 Å². The van der Waals surface area contributed by atoms with Crippen molar-refractivity contribution in [1.29, 1.82) is 0 Å². The number of benzene rings is 6. The maximum atomic E-state index is 2.34. The van der Waals surface area contributed by atoms with Crippen molar-refractivity contribution < 1.29 is 4.57 Å². The first-order chi connectivity index (χ1) is 22.4. The van der Waals surface area contributed by atoms with Crippen LogP contribution in [0, 0.1) is 0 Å². The second-order valence-corrected chi connectivity index (χ2v) is 10.9. The van der Waals surface area contributed by atoms with Crippen LogP contribution >= 0.6 is 0 Å². The Labute approximate surface area is 263 Å². The smallest absolute Gasteiger partial charge is 0.292 e. The molecule has 4 heteroatoms. The fraction of sp³-hybridized carbons (Fsp3) is 0. The van der Waals surface area contributed by atoms with E-state index in [9.17, 15) is 0 Å². The van der Waals surface area contributed by atoms with Crippen LogP contribution in [0.2, 0.25) is 0 Å². The van der Waals surface area contributed by atoms with Gasteiger partial charge >= 0.3 is 0 Å². The second-order valence-electron chi connectivity index (χ2n) is 10.9. The van der Waals surface area contributed by atoms with Gasteiger partial charge in [0.1, 0.15) is 17.2 Å². The number of aromatic nitrogens is 2. The largest absolute Gasteiger partial charge is 0.294 e. The van der Waals surface area contributed by atoms with Gasteiger partial charge in [-0.25, -0.2) is 0 Å². The number of nitrogens with zero attached hydrogens (tertiary/aromatic N) is 4. The molecule has 1 aliphatic heterocycles. The topological polar surface area (TPSA) is 15.3 Å². The summed E-state index contributed by atoms with van der Waals surface area (Å²) in [5.74, 6) is 2.11. The number of allylic oxidation sites excluding steroid dienone is 2. The molecule has 2 heterocycles. The summed E-state index contributed by atoms with van der Waals surface area (Å²) in [6.45, 7) is 0. The van der Waals surface area contributed by atoms with Crippen LogP contribution < -0.4 is 14.4 Å². The third-order valence-electron chi connectivity index (χ3n) is 8.19. The second kappa shape index (κ2) is 11.5. The van der Waals surface area contributed by atoms with Crippen molar-refractivity contribution >= 4 is 39.9 Å². The van der Waals surface area contributed by atoms with E-state index in [0.717, 1.165) is 56.8 Å². The van der Waals surface area contributed by atoms with E-state index in [1.54, 1.807) is 0 Å². The molecule has 4 nitrogen and oxygen atoms in total. The van der Waals surface area contributed by atoms with Gasteiger partial charge in [-0.15, -0.1) is 0 Å². The Morgan fingerprint density at radius 3 is 1.49 bits per heavy atom. The highest BCUT2D eigenvalue weighted by molar-refractivity contribution is 5.93. The number of imidazole rings is 1. The Hall–Kier alpha value is -6.13. The van der Waals surface area contributed by atoms with Crippen molar-refractivity contribution in [3.63, 3.8) is 0 Å². The van der Waals surface area contributed by atoms with Crippen LogP contribution in [0.4, 0.5) is 22.7 Å². The summed E-state index contributed by atoms with van der Waals surface area (Å²) >= 11 is 0. The molecule has 1 aromatic heterocycles. The fourth-order valence-corrected chi connectivity index (χ4v) is 6.29. The minimum absolute atomic E-state index is 1.05. The molecule has 0 saturated carbocycles. The molecular formula is C41H31N4+. The maximum Gasteiger partial charge on any atom is 0.292 e. The van der Waals surface area contributed by atoms with Gasteiger partial charge in [0, 0.05) is 17.5 Å². The van der Waals surface area contributed by atoms with Gasteiger partial charge < -0.3 is 0 Å². The molecule has 0 radical (unpaired) electrons. The molecular weight excluding hydrogens is 548 g/mol. The van der Waals surface area contributed by atoms with Crippen molar-refractivity contribution in [2.75, 3.05) is 9.80 Å². The molecule has 6 aromatic carbocycles. The number of rotatable bonds is 6. The zero-order valence-corrected chi connectivity index (χ0v) is 24.7. The van der Waals surface area contributed by atoms with Crippen molar-refractivity contribution in [3.8, 4) is 11.4 Å². The maximum absolute atomic E-state index is 2.34. The third-order valence-corrected chi connectivity index (χ3v) is 8.19. The molecule has 0 fully saturated rings. The predicted molar refractivity (Wildman–Crippen MR) is 186 cm³/mol. The Morgan fingerprint density at radius 2 is 0.911 bits per heavy atom. The van der Waals surface area contributed by atoms with Gasteiger partial charge in [0.15, 0.2) is 11.0 Å². The van der Waals surface area contributed by atoms with E-state index in [2.05, 4.69) is 207 Å².